The van der Waals surface area contributed by atoms with Gasteiger partial charge in [0.25, 0.3) is 0 Å². The highest BCUT2D eigenvalue weighted by Gasteiger charge is 2.50. The second kappa shape index (κ2) is 3.28. The first-order valence-corrected chi connectivity index (χ1v) is 5.10. The number of rotatable bonds is 2. The van der Waals surface area contributed by atoms with Crippen molar-refractivity contribution >= 4 is 7.12 Å². The fourth-order valence-electron chi connectivity index (χ4n) is 1.45. The third-order valence-electron chi connectivity index (χ3n) is 2.97. The molecule has 1 rings (SSSR count). The zero-order valence-electron chi connectivity index (χ0n) is 9.68. The molecule has 0 saturated carbocycles. The summed E-state index contributed by atoms with van der Waals surface area (Å²) in [6.45, 7) is 12.7. The highest BCUT2D eigenvalue weighted by Crippen LogP contribution is 2.38. The van der Waals surface area contributed by atoms with Gasteiger partial charge >= 0.3 is 7.12 Å². The Balaban J connectivity index is 2.60. The molecule has 0 radical (unpaired) electrons. The van der Waals surface area contributed by atoms with Gasteiger partial charge in [-0.25, -0.2) is 0 Å². The van der Waals surface area contributed by atoms with Crippen molar-refractivity contribution in [1.82, 2.24) is 0 Å². The molecule has 3 heteroatoms. The van der Waals surface area contributed by atoms with Crippen molar-refractivity contribution in [2.45, 2.75) is 59.1 Å². The zero-order chi connectivity index (χ0) is 10.3. The predicted octanol–water partition coefficient (Wildman–Crippen LogP) is 2.73. The Hall–Kier alpha value is -0.0151. The molecule has 1 fully saturated rings. The summed E-state index contributed by atoms with van der Waals surface area (Å²) in [6, 6.07) is 0. The van der Waals surface area contributed by atoms with Crippen LogP contribution in [0.25, 0.3) is 0 Å². The van der Waals surface area contributed by atoms with Crippen LogP contribution in [-0.4, -0.2) is 18.3 Å². The summed E-state index contributed by atoms with van der Waals surface area (Å²) in [6.07, 6.45) is 0.979. The molecule has 0 atom stereocenters. The van der Waals surface area contributed by atoms with E-state index < -0.39 is 0 Å². The minimum absolute atomic E-state index is 0.0231. The smallest absolute Gasteiger partial charge is 0.403 e. The second-order valence-electron chi connectivity index (χ2n) is 5.32. The summed E-state index contributed by atoms with van der Waals surface area (Å²) < 4.78 is 11.7. The van der Waals surface area contributed by atoms with Gasteiger partial charge in [-0.2, -0.15) is 0 Å². The first-order chi connectivity index (χ1) is 5.74. The fraction of sp³-hybridized carbons (Fsp3) is 1.00. The molecule has 2 nitrogen and oxygen atoms in total. The van der Waals surface area contributed by atoms with Gasteiger partial charge in [-0.1, -0.05) is 13.8 Å². The summed E-state index contributed by atoms with van der Waals surface area (Å²) >= 11 is 0. The summed E-state index contributed by atoms with van der Waals surface area (Å²) in [7, 11) is -0.0231. The highest BCUT2D eigenvalue weighted by atomic mass is 16.7. The minimum Gasteiger partial charge on any atom is -0.403 e. The third-order valence-corrected chi connectivity index (χ3v) is 2.97. The SMILES string of the molecule is CC(C)CB1OC(C)(C)C(C)(C)O1. The molecule has 1 aliphatic rings. The Morgan fingerprint density at radius 2 is 1.38 bits per heavy atom. The molecule has 1 saturated heterocycles. The Morgan fingerprint density at radius 3 is 1.69 bits per heavy atom. The lowest BCUT2D eigenvalue weighted by Crippen LogP contribution is -2.41. The Labute approximate surface area is 82.1 Å². The molecule has 76 valence electrons. The van der Waals surface area contributed by atoms with Gasteiger partial charge in [0, 0.05) is 0 Å². The predicted molar refractivity (Wildman–Crippen MR) is 55.7 cm³/mol. The summed E-state index contributed by atoms with van der Waals surface area (Å²) in [5.74, 6) is 0.620. The van der Waals surface area contributed by atoms with Gasteiger partial charge in [0.1, 0.15) is 0 Å². The quantitative estimate of drug-likeness (QED) is 0.614. The topological polar surface area (TPSA) is 18.5 Å². The average Bonchev–Trinajstić information content (AvgIpc) is 1.98. The van der Waals surface area contributed by atoms with Crippen LogP contribution < -0.4 is 0 Å². The second-order valence-corrected chi connectivity index (χ2v) is 5.32. The van der Waals surface area contributed by atoms with Crippen LogP contribution in [0.1, 0.15) is 41.5 Å². The van der Waals surface area contributed by atoms with Crippen molar-refractivity contribution in [2.75, 3.05) is 0 Å². The van der Waals surface area contributed by atoms with E-state index in [1.165, 1.54) is 0 Å². The standard InChI is InChI=1S/C10H21BO2/c1-8(2)7-11-12-9(3,4)10(5,6)13-11/h8H,7H2,1-6H3. The first kappa shape index (κ1) is 11.1. The van der Waals surface area contributed by atoms with E-state index in [0.29, 0.717) is 5.92 Å². The van der Waals surface area contributed by atoms with E-state index in [4.69, 9.17) is 9.31 Å². The van der Waals surface area contributed by atoms with Crippen molar-refractivity contribution in [1.29, 1.82) is 0 Å². The molecule has 0 unspecified atom stereocenters. The maximum absolute atomic E-state index is 5.85. The van der Waals surface area contributed by atoms with Crippen LogP contribution >= 0.6 is 0 Å². The van der Waals surface area contributed by atoms with Gasteiger partial charge < -0.3 is 9.31 Å². The van der Waals surface area contributed by atoms with Crippen LogP contribution in [0.3, 0.4) is 0 Å². The van der Waals surface area contributed by atoms with Gasteiger partial charge in [-0.05, 0) is 39.9 Å². The molecule has 0 aromatic heterocycles. The largest absolute Gasteiger partial charge is 0.458 e. The molecule has 13 heavy (non-hydrogen) atoms. The van der Waals surface area contributed by atoms with Gasteiger partial charge in [0.05, 0.1) is 11.2 Å². The van der Waals surface area contributed by atoms with Crippen LogP contribution in [0.2, 0.25) is 6.32 Å². The lowest BCUT2D eigenvalue weighted by atomic mass is 9.79. The van der Waals surface area contributed by atoms with Crippen LogP contribution in [0, 0.1) is 5.92 Å². The molecule has 0 bridgehead atoms. The molecule has 1 heterocycles. The van der Waals surface area contributed by atoms with E-state index in [9.17, 15) is 0 Å². The monoisotopic (exact) mass is 184 g/mol. The maximum Gasteiger partial charge on any atom is 0.458 e. The molecule has 0 amide bonds. The van der Waals surface area contributed by atoms with Gasteiger partial charge in [-0.3, -0.25) is 0 Å². The lowest BCUT2D eigenvalue weighted by molar-refractivity contribution is 0.00578. The third kappa shape index (κ3) is 2.26. The van der Waals surface area contributed by atoms with Crippen molar-refractivity contribution in [3.05, 3.63) is 0 Å². The van der Waals surface area contributed by atoms with Crippen molar-refractivity contribution in [3.8, 4) is 0 Å². The number of hydrogen-bond donors (Lipinski definition) is 0. The first-order valence-electron chi connectivity index (χ1n) is 5.10. The summed E-state index contributed by atoms with van der Waals surface area (Å²) in [5.41, 5.74) is -0.348. The van der Waals surface area contributed by atoms with E-state index in [-0.39, 0.29) is 18.3 Å². The maximum atomic E-state index is 5.85. The summed E-state index contributed by atoms with van der Waals surface area (Å²) in [5, 5.41) is 0. The molecular formula is C10H21BO2. The molecule has 0 spiro atoms. The minimum atomic E-state index is -0.174. The van der Waals surface area contributed by atoms with E-state index >= 15 is 0 Å². The van der Waals surface area contributed by atoms with Crippen LogP contribution in [0.15, 0.2) is 0 Å². The van der Waals surface area contributed by atoms with Gasteiger partial charge in [0.2, 0.25) is 0 Å². The molecule has 0 aliphatic carbocycles. The lowest BCUT2D eigenvalue weighted by Gasteiger charge is -2.32. The molecule has 1 aliphatic heterocycles. The molecular weight excluding hydrogens is 163 g/mol. The zero-order valence-corrected chi connectivity index (χ0v) is 9.68. The van der Waals surface area contributed by atoms with E-state index in [1.807, 2.05) is 0 Å². The van der Waals surface area contributed by atoms with Crippen molar-refractivity contribution in [3.63, 3.8) is 0 Å². The van der Waals surface area contributed by atoms with Crippen molar-refractivity contribution in [2.24, 2.45) is 5.92 Å². The van der Waals surface area contributed by atoms with Gasteiger partial charge in [0.15, 0.2) is 0 Å². The van der Waals surface area contributed by atoms with Crippen LogP contribution in [0.4, 0.5) is 0 Å². The normalized spacial score (nSPS) is 25.6. The Kier molecular flexibility index (Phi) is 2.79. The number of hydrogen-bond acceptors (Lipinski definition) is 2. The molecule has 0 N–H and O–H groups in total. The molecule has 0 aromatic rings. The van der Waals surface area contributed by atoms with E-state index in [1.54, 1.807) is 0 Å². The summed E-state index contributed by atoms with van der Waals surface area (Å²) in [4.78, 5) is 0. The van der Waals surface area contributed by atoms with Gasteiger partial charge in [-0.15, -0.1) is 0 Å². The van der Waals surface area contributed by atoms with E-state index in [2.05, 4.69) is 41.5 Å². The fourth-order valence-corrected chi connectivity index (χ4v) is 1.45. The Morgan fingerprint density at radius 1 is 1.00 bits per heavy atom. The van der Waals surface area contributed by atoms with Crippen molar-refractivity contribution < 1.29 is 9.31 Å². The van der Waals surface area contributed by atoms with Crippen LogP contribution in [0.5, 0.6) is 0 Å². The average molecular weight is 184 g/mol. The molecule has 0 aromatic carbocycles. The van der Waals surface area contributed by atoms with Crippen LogP contribution in [-0.2, 0) is 9.31 Å². The Bertz CT molecular complexity index is 171. The van der Waals surface area contributed by atoms with E-state index in [0.717, 1.165) is 6.32 Å². The highest BCUT2D eigenvalue weighted by molar-refractivity contribution is 6.45.